The van der Waals surface area contributed by atoms with E-state index in [-0.39, 0.29) is 11.8 Å². The summed E-state index contributed by atoms with van der Waals surface area (Å²) in [5, 5.41) is 0. The average molecular weight is 239 g/mol. The van der Waals surface area contributed by atoms with Crippen LogP contribution in [0.4, 0.5) is 0 Å². The van der Waals surface area contributed by atoms with Crippen LogP contribution in [-0.4, -0.2) is 30.5 Å². The van der Waals surface area contributed by atoms with Crippen molar-refractivity contribution in [1.82, 2.24) is 4.90 Å². The van der Waals surface area contributed by atoms with E-state index in [2.05, 4.69) is 13.5 Å². The fraction of sp³-hybridized carbons (Fsp3) is 0.786. The first kappa shape index (κ1) is 14.1. The Morgan fingerprint density at radius 2 is 2.18 bits per heavy atom. The van der Waals surface area contributed by atoms with E-state index in [0.29, 0.717) is 13.0 Å². The molecule has 1 rings (SSSR count). The molecule has 3 heteroatoms. The lowest BCUT2D eigenvalue weighted by Gasteiger charge is -2.17. The van der Waals surface area contributed by atoms with Crippen LogP contribution in [0.5, 0.6) is 0 Å². The second-order valence-electron chi connectivity index (χ2n) is 4.70. The van der Waals surface area contributed by atoms with E-state index in [1.165, 1.54) is 19.3 Å². The third-order valence-electron chi connectivity index (χ3n) is 3.28. The van der Waals surface area contributed by atoms with Crippen molar-refractivity contribution in [3.8, 4) is 0 Å². The summed E-state index contributed by atoms with van der Waals surface area (Å²) in [6.45, 7) is 10.4. The van der Waals surface area contributed by atoms with Crippen molar-refractivity contribution in [3.05, 3.63) is 12.3 Å². The van der Waals surface area contributed by atoms with Crippen LogP contribution in [0.15, 0.2) is 12.3 Å². The highest BCUT2D eigenvalue weighted by Gasteiger charge is 2.31. The van der Waals surface area contributed by atoms with Crippen LogP contribution in [0.2, 0.25) is 0 Å². The molecule has 1 unspecified atom stereocenters. The van der Waals surface area contributed by atoms with E-state index in [4.69, 9.17) is 4.74 Å². The summed E-state index contributed by atoms with van der Waals surface area (Å²) >= 11 is 0. The van der Waals surface area contributed by atoms with Crippen molar-refractivity contribution in [2.75, 3.05) is 19.7 Å². The monoisotopic (exact) mass is 239 g/mol. The van der Waals surface area contributed by atoms with Crippen LogP contribution in [0.3, 0.4) is 0 Å². The van der Waals surface area contributed by atoms with Gasteiger partial charge >= 0.3 is 0 Å². The minimum Gasteiger partial charge on any atom is -0.498 e. The molecule has 1 atom stereocenters. The third-order valence-corrected chi connectivity index (χ3v) is 3.28. The summed E-state index contributed by atoms with van der Waals surface area (Å²) in [6.07, 6.45) is 5.41. The van der Waals surface area contributed by atoms with E-state index in [1.54, 1.807) is 0 Å². The minimum atomic E-state index is 0.202. The largest absolute Gasteiger partial charge is 0.498 e. The normalized spacial score (nSPS) is 19.8. The van der Waals surface area contributed by atoms with Crippen LogP contribution >= 0.6 is 0 Å². The molecule has 1 aliphatic heterocycles. The Morgan fingerprint density at radius 1 is 1.41 bits per heavy atom. The lowest BCUT2D eigenvalue weighted by molar-refractivity contribution is -0.127. The topological polar surface area (TPSA) is 29.5 Å². The Morgan fingerprint density at radius 3 is 2.82 bits per heavy atom. The van der Waals surface area contributed by atoms with Gasteiger partial charge in [-0.1, -0.05) is 32.8 Å². The van der Waals surface area contributed by atoms with E-state index in [1.807, 2.05) is 11.8 Å². The number of hydrogen-bond acceptors (Lipinski definition) is 2. The minimum absolute atomic E-state index is 0.202. The van der Waals surface area contributed by atoms with Crippen LogP contribution in [0.25, 0.3) is 0 Å². The third kappa shape index (κ3) is 4.41. The highest BCUT2D eigenvalue weighted by molar-refractivity contribution is 5.79. The van der Waals surface area contributed by atoms with Crippen molar-refractivity contribution in [1.29, 1.82) is 0 Å². The van der Waals surface area contributed by atoms with Gasteiger partial charge in [0.25, 0.3) is 0 Å². The summed E-state index contributed by atoms with van der Waals surface area (Å²) < 4.78 is 5.39. The number of hydrogen-bond donors (Lipinski definition) is 0. The molecule has 0 aromatic rings. The Labute approximate surface area is 105 Å². The SMILES string of the molecule is C=C(OCC)C1CC(=O)N(CCCCCC)C1. The molecular formula is C14H25NO2. The number of likely N-dealkylation sites (tertiary alicyclic amines) is 1. The molecule has 0 aromatic heterocycles. The zero-order valence-electron chi connectivity index (χ0n) is 11.2. The quantitative estimate of drug-likeness (QED) is 0.481. The first-order valence-corrected chi connectivity index (χ1v) is 6.78. The lowest BCUT2D eigenvalue weighted by atomic mass is 10.1. The Hall–Kier alpha value is -0.990. The molecule has 0 N–H and O–H groups in total. The maximum atomic E-state index is 11.8. The van der Waals surface area contributed by atoms with Crippen LogP contribution in [-0.2, 0) is 9.53 Å². The Bertz CT molecular complexity index is 263. The first-order valence-electron chi connectivity index (χ1n) is 6.78. The van der Waals surface area contributed by atoms with Gasteiger partial charge in [0.2, 0.25) is 5.91 Å². The second-order valence-corrected chi connectivity index (χ2v) is 4.70. The smallest absolute Gasteiger partial charge is 0.223 e. The maximum Gasteiger partial charge on any atom is 0.223 e. The molecule has 1 aliphatic rings. The predicted molar refractivity (Wildman–Crippen MR) is 69.6 cm³/mol. The van der Waals surface area contributed by atoms with E-state index in [9.17, 15) is 4.79 Å². The summed E-state index contributed by atoms with van der Waals surface area (Å²) in [5.41, 5.74) is 0. The van der Waals surface area contributed by atoms with Crippen molar-refractivity contribution < 1.29 is 9.53 Å². The number of ether oxygens (including phenoxy) is 1. The first-order chi connectivity index (χ1) is 8.19. The van der Waals surface area contributed by atoms with Gasteiger partial charge in [-0.3, -0.25) is 4.79 Å². The van der Waals surface area contributed by atoms with E-state index < -0.39 is 0 Å². The van der Waals surface area contributed by atoms with Crippen LogP contribution in [0, 0.1) is 5.92 Å². The number of amides is 1. The average Bonchev–Trinajstić information content (AvgIpc) is 2.67. The fourth-order valence-electron chi connectivity index (χ4n) is 2.24. The molecule has 0 aliphatic carbocycles. The van der Waals surface area contributed by atoms with Gasteiger partial charge in [-0.15, -0.1) is 0 Å². The Kier molecular flexibility index (Phi) is 6.09. The number of carbonyl (C=O) groups is 1. The van der Waals surface area contributed by atoms with Gasteiger partial charge in [0, 0.05) is 25.4 Å². The van der Waals surface area contributed by atoms with Gasteiger partial charge in [0.05, 0.1) is 12.4 Å². The molecule has 0 bridgehead atoms. The van der Waals surface area contributed by atoms with E-state index >= 15 is 0 Å². The van der Waals surface area contributed by atoms with Crippen molar-refractivity contribution >= 4 is 5.91 Å². The lowest BCUT2D eigenvalue weighted by Crippen LogP contribution is -2.26. The zero-order chi connectivity index (χ0) is 12.7. The molecule has 98 valence electrons. The highest BCUT2D eigenvalue weighted by Crippen LogP contribution is 2.24. The molecule has 17 heavy (non-hydrogen) atoms. The number of unbranched alkanes of at least 4 members (excludes halogenated alkanes) is 3. The van der Waals surface area contributed by atoms with Gasteiger partial charge < -0.3 is 9.64 Å². The van der Waals surface area contributed by atoms with Gasteiger partial charge in [0.15, 0.2) is 0 Å². The van der Waals surface area contributed by atoms with Gasteiger partial charge in [-0.05, 0) is 13.3 Å². The zero-order valence-corrected chi connectivity index (χ0v) is 11.2. The van der Waals surface area contributed by atoms with Crippen LogP contribution < -0.4 is 0 Å². The summed E-state index contributed by atoms with van der Waals surface area (Å²) in [4.78, 5) is 13.7. The molecule has 0 saturated carbocycles. The van der Waals surface area contributed by atoms with Gasteiger partial charge in [-0.2, -0.15) is 0 Å². The van der Waals surface area contributed by atoms with Gasteiger partial charge in [0.1, 0.15) is 0 Å². The molecule has 1 amide bonds. The predicted octanol–water partition coefficient (Wildman–Crippen LogP) is 2.97. The summed E-state index contributed by atoms with van der Waals surface area (Å²) in [7, 11) is 0. The molecule has 3 nitrogen and oxygen atoms in total. The fourth-order valence-corrected chi connectivity index (χ4v) is 2.24. The van der Waals surface area contributed by atoms with Crippen LogP contribution in [0.1, 0.15) is 46.0 Å². The maximum absolute atomic E-state index is 11.8. The molecular weight excluding hydrogens is 214 g/mol. The van der Waals surface area contributed by atoms with E-state index in [0.717, 1.165) is 25.3 Å². The van der Waals surface area contributed by atoms with Crippen molar-refractivity contribution in [2.24, 2.45) is 5.92 Å². The molecule has 0 radical (unpaired) electrons. The number of carbonyl (C=O) groups excluding carboxylic acids is 1. The second kappa shape index (κ2) is 7.36. The van der Waals surface area contributed by atoms with Crippen molar-refractivity contribution in [2.45, 2.75) is 46.0 Å². The standard InChI is InChI=1S/C14H25NO2/c1-4-6-7-8-9-15-11-13(10-14(15)16)12(3)17-5-2/h13H,3-11H2,1-2H3. The number of nitrogens with zero attached hydrogens (tertiary/aromatic N) is 1. The molecule has 0 aromatic carbocycles. The summed E-state index contributed by atoms with van der Waals surface area (Å²) in [6, 6.07) is 0. The van der Waals surface area contributed by atoms with Crippen molar-refractivity contribution in [3.63, 3.8) is 0 Å². The Balaban J connectivity index is 2.29. The highest BCUT2D eigenvalue weighted by atomic mass is 16.5. The van der Waals surface area contributed by atoms with Gasteiger partial charge in [-0.25, -0.2) is 0 Å². The number of rotatable bonds is 8. The molecule has 1 heterocycles. The molecule has 1 saturated heterocycles. The summed E-state index contributed by atoms with van der Waals surface area (Å²) in [5.74, 6) is 1.23. The molecule has 0 spiro atoms. The molecule has 1 fully saturated rings.